The number of hydrogen-bond acceptors (Lipinski definition) is 5. The van der Waals surface area contributed by atoms with E-state index >= 15 is 0 Å². The summed E-state index contributed by atoms with van der Waals surface area (Å²) in [6.07, 6.45) is 1.47. The van der Waals surface area contributed by atoms with Crippen molar-refractivity contribution in [1.82, 2.24) is 9.97 Å². The molecule has 1 N–H and O–H groups in total. The molecule has 2 rings (SSSR count). The number of aromatic nitrogens is 2. The molecular formula is C14H23N3O2. The smallest absolute Gasteiger partial charge is 0.132 e. The molecule has 2 atom stereocenters. The van der Waals surface area contributed by atoms with Gasteiger partial charge in [-0.2, -0.15) is 0 Å². The van der Waals surface area contributed by atoms with E-state index in [0.29, 0.717) is 19.7 Å². The molecule has 0 spiro atoms. The van der Waals surface area contributed by atoms with Gasteiger partial charge in [0, 0.05) is 31.5 Å². The number of β-amino-alcohol motifs (C(OH)–C–C–N with tert-alkyl or cyclic N) is 1. The van der Waals surface area contributed by atoms with Crippen LogP contribution in [0, 0.1) is 6.92 Å². The number of ether oxygens (including phenoxy) is 1. The molecule has 5 nitrogen and oxygen atoms in total. The summed E-state index contributed by atoms with van der Waals surface area (Å²) >= 11 is 0. The normalized spacial score (nSPS) is 23.1. The zero-order valence-electron chi connectivity index (χ0n) is 12.0. The van der Waals surface area contributed by atoms with Gasteiger partial charge in [0.1, 0.15) is 17.7 Å². The first-order valence-corrected chi connectivity index (χ1v) is 7.03. The van der Waals surface area contributed by atoms with Gasteiger partial charge in [-0.1, -0.05) is 13.3 Å². The fourth-order valence-electron chi connectivity index (χ4n) is 2.48. The highest BCUT2D eigenvalue weighted by Gasteiger charge is 2.32. The number of aryl methyl sites for hydroxylation is 2. The molecule has 0 unspecified atom stereocenters. The Bertz CT molecular complexity index is 425. The molecule has 0 aromatic carbocycles. The highest BCUT2D eigenvalue weighted by molar-refractivity contribution is 5.42. The Balaban J connectivity index is 2.14. The molecule has 1 aliphatic heterocycles. The predicted molar refractivity (Wildman–Crippen MR) is 74.4 cm³/mol. The van der Waals surface area contributed by atoms with Gasteiger partial charge in [-0.05, 0) is 20.3 Å². The van der Waals surface area contributed by atoms with E-state index in [-0.39, 0.29) is 6.10 Å². The van der Waals surface area contributed by atoms with E-state index in [9.17, 15) is 5.11 Å². The van der Waals surface area contributed by atoms with E-state index in [1.165, 1.54) is 0 Å². The zero-order chi connectivity index (χ0) is 13.8. The predicted octanol–water partition coefficient (Wildman–Crippen LogP) is 1.32. The molecule has 106 valence electrons. The summed E-state index contributed by atoms with van der Waals surface area (Å²) < 4.78 is 5.54. The Morgan fingerprint density at radius 2 is 2.16 bits per heavy atom. The molecule has 5 heteroatoms. The fraction of sp³-hybridized carbons (Fsp3) is 0.714. The first-order valence-electron chi connectivity index (χ1n) is 7.03. The van der Waals surface area contributed by atoms with Gasteiger partial charge in [0.25, 0.3) is 0 Å². The van der Waals surface area contributed by atoms with Crippen molar-refractivity contribution in [2.24, 2.45) is 0 Å². The number of hydrogen-bond donors (Lipinski definition) is 1. The Hall–Kier alpha value is -1.20. The van der Waals surface area contributed by atoms with Crippen molar-refractivity contribution in [3.8, 4) is 0 Å². The van der Waals surface area contributed by atoms with Crippen LogP contribution in [0.5, 0.6) is 0 Å². The van der Waals surface area contributed by atoms with Crippen LogP contribution in [0.4, 0.5) is 5.82 Å². The van der Waals surface area contributed by atoms with E-state index in [1.807, 2.05) is 19.9 Å². The maximum absolute atomic E-state index is 9.98. The lowest BCUT2D eigenvalue weighted by molar-refractivity contribution is -0.00189. The monoisotopic (exact) mass is 265 g/mol. The van der Waals surface area contributed by atoms with Gasteiger partial charge < -0.3 is 14.7 Å². The second kappa shape index (κ2) is 6.30. The standard InChI is InChI=1S/C14H23N3O2/c1-4-6-11-7-14(16-10(3)15-11)17-8-12(18)13(9-17)19-5-2/h7,12-13,18H,4-6,8-9H2,1-3H3/t12-,13-/m0/s1. The summed E-state index contributed by atoms with van der Waals surface area (Å²) in [7, 11) is 0. The van der Waals surface area contributed by atoms with E-state index in [0.717, 1.165) is 30.2 Å². The third-order valence-corrected chi connectivity index (χ3v) is 3.33. The lowest BCUT2D eigenvalue weighted by Crippen LogP contribution is -2.26. The van der Waals surface area contributed by atoms with Crippen molar-refractivity contribution < 1.29 is 9.84 Å². The van der Waals surface area contributed by atoms with Gasteiger partial charge in [-0.25, -0.2) is 9.97 Å². The minimum atomic E-state index is -0.440. The molecule has 1 aliphatic rings. The van der Waals surface area contributed by atoms with Crippen LogP contribution in [0.15, 0.2) is 6.07 Å². The van der Waals surface area contributed by atoms with Crippen LogP contribution in [-0.4, -0.2) is 47.0 Å². The van der Waals surface area contributed by atoms with Crippen molar-refractivity contribution in [3.63, 3.8) is 0 Å². The summed E-state index contributed by atoms with van der Waals surface area (Å²) in [5.41, 5.74) is 1.07. The second-order valence-electron chi connectivity index (χ2n) is 4.98. The number of rotatable bonds is 5. The molecule has 19 heavy (non-hydrogen) atoms. The van der Waals surface area contributed by atoms with Gasteiger partial charge in [0.15, 0.2) is 0 Å². The van der Waals surface area contributed by atoms with Gasteiger partial charge >= 0.3 is 0 Å². The first kappa shape index (κ1) is 14.2. The zero-order valence-corrected chi connectivity index (χ0v) is 12.0. The molecule has 1 aromatic rings. The van der Waals surface area contributed by atoms with E-state index in [2.05, 4.69) is 21.8 Å². The van der Waals surface area contributed by atoms with Crippen molar-refractivity contribution in [1.29, 1.82) is 0 Å². The summed E-state index contributed by atoms with van der Waals surface area (Å²) in [6.45, 7) is 7.89. The molecule has 2 heterocycles. The fourth-order valence-corrected chi connectivity index (χ4v) is 2.48. The Labute approximate surface area is 114 Å². The molecule has 0 bridgehead atoms. The van der Waals surface area contributed by atoms with Crippen LogP contribution in [0.2, 0.25) is 0 Å². The largest absolute Gasteiger partial charge is 0.388 e. The molecule has 0 radical (unpaired) electrons. The topological polar surface area (TPSA) is 58.5 Å². The lowest BCUT2D eigenvalue weighted by Gasteiger charge is -2.18. The molecule has 1 fully saturated rings. The van der Waals surface area contributed by atoms with Crippen LogP contribution < -0.4 is 4.90 Å². The average molecular weight is 265 g/mol. The quantitative estimate of drug-likeness (QED) is 0.870. The summed E-state index contributed by atoms with van der Waals surface area (Å²) in [4.78, 5) is 11.0. The number of aliphatic hydroxyl groups excluding tert-OH is 1. The maximum atomic E-state index is 9.98. The lowest BCUT2D eigenvalue weighted by atomic mass is 10.2. The maximum Gasteiger partial charge on any atom is 0.132 e. The third-order valence-electron chi connectivity index (χ3n) is 3.33. The highest BCUT2D eigenvalue weighted by Crippen LogP contribution is 2.21. The molecule has 0 amide bonds. The van der Waals surface area contributed by atoms with Gasteiger partial charge in [0.2, 0.25) is 0 Å². The number of nitrogens with zero attached hydrogens (tertiary/aromatic N) is 3. The number of anilines is 1. The Morgan fingerprint density at radius 1 is 1.37 bits per heavy atom. The molecule has 1 aromatic heterocycles. The summed E-state index contributed by atoms with van der Waals surface area (Å²) in [5.74, 6) is 1.69. The van der Waals surface area contributed by atoms with Crippen LogP contribution >= 0.6 is 0 Å². The Morgan fingerprint density at radius 3 is 2.84 bits per heavy atom. The van der Waals surface area contributed by atoms with Crippen molar-refractivity contribution in [2.45, 2.75) is 45.8 Å². The van der Waals surface area contributed by atoms with Gasteiger partial charge in [-0.3, -0.25) is 0 Å². The molecular weight excluding hydrogens is 242 g/mol. The molecule has 0 aliphatic carbocycles. The van der Waals surface area contributed by atoms with Crippen molar-refractivity contribution in [3.05, 3.63) is 17.6 Å². The minimum absolute atomic E-state index is 0.116. The summed E-state index contributed by atoms with van der Waals surface area (Å²) in [6, 6.07) is 2.03. The SMILES string of the molecule is CCCc1cc(N2C[C@H](OCC)[C@@H](O)C2)nc(C)n1. The second-order valence-corrected chi connectivity index (χ2v) is 4.98. The number of aliphatic hydroxyl groups is 1. The molecule has 0 saturated carbocycles. The van der Waals surface area contributed by atoms with Gasteiger partial charge in [0.05, 0.1) is 6.10 Å². The van der Waals surface area contributed by atoms with Crippen LogP contribution in [0.25, 0.3) is 0 Å². The van der Waals surface area contributed by atoms with Crippen molar-refractivity contribution >= 4 is 5.82 Å². The van der Waals surface area contributed by atoms with Crippen LogP contribution in [-0.2, 0) is 11.2 Å². The first-order chi connectivity index (χ1) is 9.13. The average Bonchev–Trinajstić information content (AvgIpc) is 2.71. The third kappa shape index (κ3) is 3.42. The van der Waals surface area contributed by atoms with Crippen molar-refractivity contribution in [2.75, 3.05) is 24.6 Å². The Kier molecular flexibility index (Phi) is 4.71. The molecule has 1 saturated heterocycles. The van der Waals surface area contributed by atoms with Crippen LogP contribution in [0.1, 0.15) is 31.8 Å². The van der Waals surface area contributed by atoms with E-state index < -0.39 is 6.10 Å². The van der Waals surface area contributed by atoms with E-state index in [4.69, 9.17) is 4.74 Å². The minimum Gasteiger partial charge on any atom is -0.388 e. The highest BCUT2D eigenvalue weighted by atomic mass is 16.5. The van der Waals surface area contributed by atoms with E-state index in [1.54, 1.807) is 0 Å². The van der Waals surface area contributed by atoms with Gasteiger partial charge in [-0.15, -0.1) is 0 Å². The van der Waals surface area contributed by atoms with Crippen LogP contribution in [0.3, 0.4) is 0 Å². The summed E-state index contributed by atoms with van der Waals surface area (Å²) in [5, 5.41) is 9.98.